The number of nitrogens with zero attached hydrogens (tertiary/aromatic N) is 3. The topological polar surface area (TPSA) is 64.2 Å². The summed E-state index contributed by atoms with van der Waals surface area (Å²) in [4.78, 5) is 14.2. The summed E-state index contributed by atoms with van der Waals surface area (Å²) in [5, 5.41) is 4.28. The molecule has 0 unspecified atom stereocenters. The second kappa shape index (κ2) is 5.00. The van der Waals surface area contributed by atoms with E-state index in [-0.39, 0.29) is 5.91 Å². The molecule has 1 aliphatic heterocycles. The Bertz CT molecular complexity index is 423. The number of aromatic nitrogens is 2. The third-order valence-electron chi connectivity index (χ3n) is 3.00. The van der Waals surface area contributed by atoms with Crippen molar-refractivity contribution in [2.45, 2.75) is 13.3 Å². The Labute approximate surface area is 105 Å². The summed E-state index contributed by atoms with van der Waals surface area (Å²) in [7, 11) is 1.78. The van der Waals surface area contributed by atoms with Crippen LogP contribution in [0.25, 0.3) is 0 Å². The Morgan fingerprint density at radius 1 is 1.47 bits per heavy atom. The van der Waals surface area contributed by atoms with Crippen molar-refractivity contribution >= 4 is 23.4 Å². The van der Waals surface area contributed by atoms with E-state index in [2.05, 4.69) is 5.10 Å². The summed E-state index contributed by atoms with van der Waals surface area (Å²) in [6, 6.07) is 0. The smallest absolute Gasteiger partial charge is 0.274 e. The minimum Gasteiger partial charge on any atom is -0.395 e. The molecule has 2 rings (SSSR count). The zero-order valence-electron chi connectivity index (χ0n) is 10.3. The maximum atomic E-state index is 12.3. The third-order valence-corrected chi connectivity index (χ3v) is 3.94. The van der Waals surface area contributed by atoms with Gasteiger partial charge in [-0.3, -0.25) is 9.48 Å². The highest BCUT2D eigenvalue weighted by molar-refractivity contribution is 7.99. The Balaban J connectivity index is 2.26. The molecule has 0 aromatic carbocycles. The first-order valence-electron chi connectivity index (χ1n) is 5.83. The van der Waals surface area contributed by atoms with E-state index >= 15 is 0 Å². The second-order valence-electron chi connectivity index (χ2n) is 4.09. The molecule has 2 heterocycles. The highest BCUT2D eigenvalue weighted by atomic mass is 32.2. The van der Waals surface area contributed by atoms with Crippen LogP contribution in [-0.4, -0.2) is 45.2 Å². The number of thioether (sulfide) groups is 1. The van der Waals surface area contributed by atoms with Crippen LogP contribution >= 0.6 is 11.8 Å². The molecule has 1 aliphatic rings. The lowest BCUT2D eigenvalue weighted by atomic mass is 10.2. The molecule has 6 heteroatoms. The first-order chi connectivity index (χ1) is 8.15. The number of nitrogen functional groups attached to an aromatic ring is 1. The van der Waals surface area contributed by atoms with Gasteiger partial charge in [0.2, 0.25) is 0 Å². The molecular formula is C11H18N4OS. The number of amides is 1. The van der Waals surface area contributed by atoms with Gasteiger partial charge in [-0.05, 0) is 6.42 Å². The molecular weight excluding hydrogens is 236 g/mol. The van der Waals surface area contributed by atoms with Gasteiger partial charge in [-0.2, -0.15) is 16.9 Å². The van der Waals surface area contributed by atoms with Crippen molar-refractivity contribution in [3.8, 4) is 0 Å². The zero-order valence-corrected chi connectivity index (χ0v) is 11.1. The number of rotatable bonds is 2. The molecule has 0 bridgehead atoms. The number of carbonyl (C=O) groups is 1. The Morgan fingerprint density at radius 3 is 2.65 bits per heavy atom. The molecule has 0 atom stereocenters. The minimum absolute atomic E-state index is 0.0116. The van der Waals surface area contributed by atoms with Crippen LogP contribution in [0.1, 0.15) is 23.1 Å². The molecule has 0 spiro atoms. The first-order valence-corrected chi connectivity index (χ1v) is 6.99. The van der Waals surface area contributed by atoms with Gasteiger partial charge >= 0.3 is 0 Å². The molecule has 2 N–H and O–H groups in total. The van der Waals surface area contributed by atoms with Crippen LogP contribution in [-0.2, 0) is 13.5 Å². The average molecular weight is 254 g/mol. The van der Waals surface area contributed by atoms with Gasteiger partial charge in [0.15, 0.2) is 0 Å². The summed E-state index contributed by atoms with van der Waals surface area (Å²) in [6.07, 6.45) is 0.753. The van der Waals surface area contributed by atoms with Gasteiger partial charge in [0.1, 0.15) is 5.69 Å². The van der Waals surface area contributed by atoms with Crippen molar-refractivity contribution in [1.29, 1.82) is 0 Å². The van der Waals surface area contributed by atoms with Crippen molar-refractivity contribution in [2.75, 3.05) is 30.3 Å². The molecule has 5 nitrogen and oxygen atoms in total. The van der Waals surface area contributed by atoms with Crippen LogP contribution in [0.5, 0.6) is 0 Å². The monoisotopic (exact) mass is 254 g/mol. The highest BCUT2D eigenvalue weighted by Crippen LogP contribution is 2.20. The summed E-state index contributed by atoms with van der Waals surface area (Å²) in [5.74, 6) is 2.02. The van der Waals surface area contributed by atoms with Gasteiger partial charge in [-0.1, -0.05) is 6.92 Å². The largest absolute Gasteiger partial charge is 0.395 e. The van der Waals surface area contributed by atoms with Crippen LogP contribution < -0.4 is 5.73 Å². The number of aryl methyl sites for hydroxylation is 2. The normalized spacial score (nSPS) is 16.2. The van der Waals surface area contributed by atoms with Gasteiger partial charge in [-0.25, -0.2) is 0 Å². The SMILES string of the molecule is CCc1nn(C)c(C(=O)N2CCSCC2)c1N. The van der Waals surface area contributed by atoms with Crippen LogP contribution in [0.3, 0.4) is 0 Å². The van der Waals surface area contributed by atoms with E-state index in [1.54, 1.807) is 11.7 Å². The summed E-state index contributed by atoms with van der Waals surface area (Å²) < 4.78 is 1.61. The summed E-state index contributed by atoms with van der Waals surface area (Å²) in [6.45, 7) is 3.59. The van der Waals surface area contributed by atoms with Crippen molar-refractivity contribution in [2.24, 2.45) is 7.05 Å². The predicted octanol–water partition coefficient (Wildman–Crippen LogP) is 0.754. The van der Waals surface area contributed by atoms with Crippen molar-refractivity contribution in [3.05, 3.63) is 11.4 Å². The first kappa shape index (κ1) is 12.3. The van der Waals surface area contributed by atoms with Crippen molar-refractivity contribution < 1.29 is 4.79 Å². The fourth-order valence-electron chi connectivity index (χ4n) is 2.03. The molecule has 0 saturated carbocycles. The van der Waals surface area contributed by atoms with Crippen molar-refractivity contribution in [1.82, 2.24) is 14.7 Å². The lowest BCUT2D eigenvalue weighted by Crippen LogP contribution is -2.39. The molecule has 1 aromatic heterocycles. The summed E-state index contributed by atoms with van der Waals surface area (Å²) in [5.41, 5.74) is 7.87. The van der Waals surface area contributed by atoms with E-state index < -0.39 is 0 Å². The van der Waals surface area contributed by atoms with Crippen LogP contribution in [0, 0.1) is 0 Å². The lowest BCUT2D eigenvalue weighted by molar-refractivity contribution is 0.0762. The van der Waals surface area contributed by atoms with Gasteiger partial charge in [-0.15, -0.1) is 0 Å². The van der Waals surface area contributed by atoms with E-state index in [0.29, 0.717) is 11.4 Å². The number of hydrogen-bond donors (Lipinski definition) is 1. The highest BCUT2D eigenvalue weighted by Gasteiger charge is 2.25. The number of nitrogens with two attached hydrogens (primary N) is 1. The van der Waals surface area contributed by atoms with E-state index in [1.807, 2.05) is 23.6 Å². The molecule has 1 fully saturated rings. The van der Waals surface area contributed by atoms with Gasteiger partial charge in [0.25, 0.3) is 5.91 Å². The lowest BCUT2D eigenvalue weighted by Gasteiger charge is -2.26. The molecule has 1 saturated heterocycles. The van der Waals surface area contributed by atoms with E-state index in [9.17, 15) is 4.79 Å². The molecule has 0 radical (unpaired) electrons. The maximum Gasteiger partial charge on any atom is 0.274 e. The van der Waals surface area contributed by atoms with E-state index in [1.165, 1.54) is 0 Å². The molecule has 17 heavy (non-hydrogen) atoms. The molecule has 1 amide bonds. The van der Waals surface area contributed by atoms with Crippen LogP contribution in [0.2, 0.25) is 0 Å². The van der Waals surface area contributed by atoms with Gasteiger partial charge in [0, 0.05) is 31.6 Å². The predicted molar refractivity (Wildman–Crippen MR) is 70.2 cm³/mol. The zero-order chi connectivity index (χ0) is 12.4. The van der Waals surface area contributed by atoms with Crippen LogP contribution in [0.15, 0.2) is 0 Å². The van der Waals surface area contributed by atoms with Gasteiger partial charge in [0.05, 0.1) is 11.4 Å². The Hall–Kier alpha value is -1.17. The third kappa shape index (κ3) is 2.26. The van der Waals surface area contributed by atoms with E-state index in [0.717, 1.165) is 36.7 Å². The average Bonchev–Trinajstić information content (AvgIpc) is 2.64. The molecule has 94 valence electrons. The molecule has 0 aliphatic carbocycles. The number of carbonyl (C=O) groups excluding carboxylic acids is 1. The van der Waals surface area contributed by atoms with Crippen LogP contribution in [0.4, 0.5) is 5.69 Å². The maximum absolute atomic E-state index is 12.3. The Morgan fingerprint density at radius 2 is 2.12 bits per heavy atom. The van der Waals surface area contributed by atoms with E-state index in [4.69, 9.17) is 5.73 Å². The fourth-order valence-corrected chi connectivity index (χ4v) is 2.93. The standard InChI is InChI=1S/C11H18N4OS/c1-3-8-9(12)10(14(2)13-8)11(16)15-4-6-17-7-5-15/h3-7,12H2,1-2H3. The second-order valence-corrected chi connectivity index (χ2v) is 5.32. The molecule has 1 aromatic rings. The fraction of sp³-hybridized carbons (Fsp3) is 0.636. The quantitative estimate of drug-likeness (QED) is 0.846. The number of hydrogen-bond acceptors (Lipinski definition) is 4. The Kier molecular flexibility index (Phi) is 3.61. The van der Waals surface area contributed by atoms with Gasteiger partial charge < -0.3 is 10.6 Å². The summed E-state index contributed by atoms with van der Waals surface area (Å²) >= 11 is 1.88. The minimum atomic E-state index is 0.0116. The number of anilines is 1. The van der Waals surface area contributed by atoms with Crippen molar-refractivity contribution in [3.63, 3.8) is 0 Å².